The molecule has 0 aromatic heterocycles. The van der Waals surface area contributed by atoms with E-state index in [2.05, 4.69) is 0 Å². The van der Waals surface area contributed by atoms with Crippen molar-refractivity contribution in [1.82, 2.24) is 4.31 Å². The highest BCUT2D eigenvalue weighted by Crippen LogP contribution is 2.34. The fourth-order valence-electron chi connectivity index (χ4n) is 1.41. The van der Waals surface area contributed by atoms with Gasteiger partial charge in [-0.15, -0.1) is 34.8 Å². The molecule has 0 saturated heterocycles. The maximum absolute atomic E-state index is 11.9. The minimum Gasteiger partial charge on any atom is -0.268 e. The lowest BCUT2D eigenvalue weighted by molar-refractivity contribution is 0.0777. The predicted molar refractivity (Wildman–Crippen MR) is 69.7 cm³/mol. The molecule has 1 unspecified atom stereocenters. The number of fused-ring (bicyclic) bond motifs is 1. The summed E-state index contributed by atoms with van der Waals surface area (Å²) in [6, 6.07) is 6.58. The number of nitrogens with zero attached hydrogens (tertiary/aromatic N) is 1. The molecule has 0 fully saturated rings. The van der Waals surface area contributed by atoms with Gasteiger partial charge in [0.15, 0.2) is 0 Å². The molecule has 1 aromatic rings. The lowest BCUT2D eigenvalue weighted by atomic mass is 10.1. The summed E-state index contributed by atoms with van der Waals surface area (Å²) in [4.78, 5) is 22.9. The Morgan fingerprint density at radius 3 is 1.88 bits per heavy atom. The van der Waals surface area contributed by atoms with Crippen molar-refractivity contribution in [3.8, 4) is 0 Å². The van der Waals surface area contributed by atoms with Crippen LogP contribution in [0.5, 0.6) is 0 Å². The Morgan fingerprint density at radius 1 is 1.00 bits per heavy atom. The number of carbonyl (C=O) groups is 2. The maximum Gasteiger partial charge on any atom is 0.271 e. The van der Waals surface area contributed by atoms with Crippen LogP contribution in [0.4, 0.5) is 0 Å². The molecule has 1 aromatic carbocycles. The molecule has 2 amide bonds. The van der Waals surface area contributed by atoms with Crippen LogP contribution in [0.25, 0.3) is 0 Å². The SMILES string of the molecule is O=C1c2ccccc2C(=O)N1SC(Cl)C(Cl)Cl. The van der Waals surface area contributed by atoms with Crippen molar-refractivity contribution in [3.05, 3.63) is 35.4 Å². The monoisotopic (exact) mass is 309 g/mol. The summed E-state index contributed by atoms with van der Waals surface area (Å²) in [7, 11) is 0. The standard InChI is InChI=1S/C10H6Cl3NO2S/c11-7(12)8(13)17-14-9(15)5-3-1-2-4-6(5)10(14)16/h1-4,7-8H. The molecule has 0 saturated carbocycles. The minimum absolute atomic E-state index is 0.370. The molecule has 0 bridgehead atoms. The molecule has 0 N–H and O–H groups in total. The zero-order valence-electron chi connectivity index (χ0n) is 8.27. The lowest BCUT2D eigenvalue weighted by Gasteiger charge is -2.16. The van der Waals surface area contributed by atoms with Crippen LogP contribution in [-0.2, 0) is 0 Å². The van der Waals surface area contributed by atoms with Gasteiger partial charge in [0.05, 0.1) is 11.1 Å². The summed E-state index contributed by atoms with van der Waals surface area (Å²) < 4.78 is 0.223. The Morgan fingerprint density at radius 2 is 1.47 bits per heavy atom. The molecular weight excluding hydrogens is 305 g/mol. The van der Waals surface area contributed by atoms with Crippen molar-refractivity contribution < 1.29 is 9.59 Å². The number of carbonyl (C=O) groups excluding carboxylic acids is 2. The molecule has 7 heteroatoms. The number of amides is 2. The first kappa shape index (κ1) is 13.0. The van der Waals surface area contributed by atoms with E-state index in [1.54, 1.807) is 24.3 Å². The molecule has 1 aliphatic rings. The molecule has 0 spiro atoms. The van der Waals surface area contributed by atoms with Crippen LogP contribution in [0.1, 0.15) is 20.7 Å². The summed E-state index contributed by atoms with van der Waals surface area (Å²) in [6.07, 6.45) is 0. The van der Waals surface area contributed by atoms with Crippen molar-refractivity contribution >= 4 is 58.6 Å². The normalized spacial score (nSPS) is 16.6. The first-order valence-electron chi connectivity index (χ1n) is 4.59. The summed E-state index contributed by atoms with van der Waals surface area (Å²) in [5.41, 5.74) is 0.740. The van der Waals surface area contributed by atoms with Crippen LogP contribution in [0, 0.1) is 0 Å². The fraction of sp³-hybridized carbons (Fsp3) is 0.200. The van der Waals surface area contributed by atoms with Crippen LogP contribution < -0.4 is 0 Å². The average Bonchev–Trinajstić information content (AvgIpc) is 2.55. The topological polar surface area (TPSA) is 37.4 Å². The van der Waals surface area contributed by atoms with E-state index in [-0.39, 0.29) is 0 Å². The van der Waals surface area contributed by atoms with Gasteiger partial charge in [-0.2, -0.15) is 0 Å². The zero-order valence-corrected chi connectivity index (χ0v) is 11.4. The first-order valence-corrected chi connectivity index (χ1v) is 6.73. The molecule has 2 rings (SSSR count). The quantitative estimate of drug-likeness (QED) is 0.488. The Labute approximate surface area is 117 Å². The highest BCUT2D eigenvalue weighted by molar-refractivity contribution is 8.00. The molecule has 0 aliphatic carbocycles. The zero-order chi connectivity index (χ0) is 12.6. The second-order valence-electron chi connectivity index (χ2n) is 3.24. The van der Waals surface area contributed by atoms with E-state index in [0.29, 0.717) is 11.1 Å². The summed E-state index contributed by atoms with van der Waals surface area (Å²) in [5, 5.41) is 0. The Hall–Kier alpha value is -0.420. The van der Waals surface area contributed by atoms with Crippen molar-refractivity contribution in [2.75, 3.05) is 0 Å². The van der Waals surface area contributed by atoms with Gasteiger partial charge in [-0.1, -0.05) is 12.1 Å². The van der Waals surface area contributed by atoms with E-state index >= 15 is 0 Å². The first-order chi connectivity index (χ1) is 8.02. The molecule has 90 valence electrons. The van der Waals surface area contributed by atoms with Crippen molar-refractivity contribution in [1.29, 1.82) is 0 Å². The number of alkyl halides is 3. The van der Waals surface area contributed by atoms with Crippen LogP contribution >= 0.6 is 46.8 Å². The van der Waals surface area contributed by atoms with Crippen LogP contribution in [0.15, 0.2) is 24.3 Å². The van der Waals surface area contributed by atoms with Crippen LogP contribution in [0.3, 0.4) is 0 Å². The van der Waals surface area contributed by atoms with E-state index in [9.17, 15) is 9.59 Å². The smallest absolute Gasteiger partial charge is 0.268 e. The molecule has 3 nitrogen and oxygen atoms in total. The second-order valence-corrected chi connectivity index (χ2v) is 6.22. The van der Waals surface area contributed by atoms with E-state index < -0.39 is 21.4 Å². The number of hydrogen-bond donors (Lipinski definition) is 0. The highest BCUT2D eigenvalue weighted by Gasteiger charge is 2.38. The third kappa shape index (κ3) is 2.40. The van der Waals surface area contributed by atoms with Gasteiger partial charge in [0.2, 0.25) is 0 Å². The molecule has 1 aliphatic heterocycles. The molecule has 1 heterocycles. The van der Waals surface area contributed by atoms with E-state index in [0.717, 1.165) is 16.3 Å². The van der Waals surface area contributed by atoms with Gasteiger partial charge in [-0.25, -0.2) is 4.31 Å². The van der Waals surface area contributed by atoms with Crippen molar-refractivity contribution in [2.45, 2.75) is 9.55 Å². The molecule has 1 atom stereocenters. The van der Waals surface area contributed by atoms with Gasteiger partial charge >= 0.3 is 0 Å². The van der Waals surface area contributed by atoms with Gasteiger partial charge in [0, 0.05) is 0 Å². The van der Waals surface area contributed by atoms with E-state index in [1.165, 1.54) is 0 Å². The summed E-state index contributed by atoms with van der Waals surface area (Å²) in [6.45, 7) is 0. The Kier molecular flexibility index (Phi) is 3.88. The highest BCUT2D eigenvalue weighted by atomic mass is 35.5. The minimum atomic E-state index is -0.869. The Balaban J connectivity index is 2.25. The fourth-order valence-corrected chi connectivity index (χ4v) is 2.61. The number of halogens is 3. The van der Waals surface area contributed by atoms with E-state index in [1.807, 2.05) is 0 Å². The van der Waals surface area contributed by atoms with Gasteiger partial charge < -0.3 is 0 Å². The molecule has 17 heavy (non-hydrogen) atoms. The van der Waals surface area contributed by atoms with Gasteiger partial charge in [0.1, 0.15) is 9.55 Å². The number of rotatable bonds is 3. The average molecular weight is 311 g/mol. The predicted octanol–water partition coefficient (Wildman–Crippen LogP) is 3.30. The van der Waals surface area contributed by atoms with Gasteiger partial charge in [-0.05, 0) is 24.1 Å². The molecular formula is C10H6Cl3NO2S. The third-order valence-corrected chi connectivity index (χ3v) is 4.73. The lowest BCUT2D eigenvalue weighted by Crippen LogP contribution is -2.25. The largest absolute Gasteiger partial charge is 0.271 e. The van der Waals surface area contributed by atoms with Crippen molar-refractivity contribution in [3.63, 3.8) is 0 Å². The maximum atomic E-state index is 11.9. The number of benzene rings is 1. The van der Waals surface area contributed by atoms with E-state index in [4.69, 9.17) is 34.8 Å². The summed E-state index contributed by atoms with van der Waals surface area (Å²) >= 11 is 17.8. The van der Waals surface area contributed by atoms with Gasteiger partial charge in [0.25, 0.3) is 11.8 Å². The number of hydrogen-bond acceptors (Lipinski definition) is 3. The summed E-state index contributed by atoms with van der Waals surface area (Å²) in [5.74, 6) is -0.787. The molecule has 0 radical (unpaired) electrons. The van der Waals surface area contributed by atoms with Crippen molar-refractivity contribution in [2.24, 2.45) is 0 Å². The van der Waals surface area contributed by atoms with Gasteiger partial charge in [-0.3, -0.25) is 9.59 Å². The van der Waals surface area contributed by atoms with Crippen LogP contribution in [0.2, 0.25) is 0 Å². The van der Waals surface area contributed by atoms with Crippen LogP contribution in [-0.4, -0.2) is 25.7 Å². The second kappa shape index (κ2) is 5.06. The number of imide groups is 1. The third-order valence-electron chi connectivity index (χ3n) is 2.16. The Bertz CT molecular complexity index is 445.